The van der Waals surface area contributed by atoms with Crippen LogP contribution in [0.15, 0.2) is 78.6 Å². The fourth-order valence-corrected chi connectivity index (χ4v) is 4.50. The minimum atomic E-state index is -4.62. The van der Waals surface area contributed by atoms with Crippen LogP contribution in [0.25, 0.3) is 5.70 Å². The number of hydrogen-bond acceptors (Lipinski definition) is 7. The Morgan fingerprint density at radius 3 is 2.52 bits per heavy atom. The van der Waals surface area contributed by atoms with Crippen molar-refractivity contribution in [3.05, 3.63) is 102 Å². The van der Waals surface area contributed by atoms with Gasteiger partial charge in [-0.25, -0.2) is 5.84 Å². The van der Waals surface area contributed by atoms with Crippen molar-refractivity contribution in [3.8, 4) is 0 Å². The molecule has 0 fully saturated rings. The number of carbonyl (C=O) groups excluding carboxylic acids is 1. The predicted molar refractivity (Wildman–Crippen MR) is 173 cm³/mol. The molecule has 9 nitrogen and oxygen atoms in total. The Kier molecular flexibility index (Phi) is 11.1. The molecule has 12 heteroatoms. The maximum atomic E-state index is 13.9. The molecule has 0 saturated heterocycles. The van der Waals surface area contributed by atoms with Gasteiger partial charge in [-0.15, -0.1) is 0 Å². The van der Waals surface area contributed by atoms with Crippen LogP contribution in [-0.4, -0.2) is 41.5 Å². The van der Waals surface area contributed by atoms with Crippen molar-refractivity contribution in [1.82, 2.24) is 9.78 Å². The van der Waals surface area contributed by atoms with Gasteiger partial charge in [0.2, 0.25) is 0 Å². The second-order valence-corrected chi connectivity index (χ2v) is 10.1. The highest BCUT2D eigenvalue weighted by Crippen LogP contribution is 2.35. The molecule has 0 spiro atoms. The summed E-state index contributed by atoms with van der Waals surface area (Å²) in [5, 5.41) is 8.12. The third-order valence-electron chi connectivity index (χ3n) is 7.17. The fourth-order valence-electron chi connectivity index (χ4n) is 4.50. The smallest absolute Gasteiger partial charge is 0.397 e. The molecule has 0 unspecified atom stereocenters. The first kappa shape index (κ1) is 33.7. The van der Waals surface area contributed by atoms with Gasteiger partial charge < -0.3 is 16.0 Å². The van der Waals surface area contributed by atoms with Gasteiger partial charge in [-0.05, 0) is 62.7 Å². The van der Waals surface area contributed by atoms with E-state index in [1.165, 1.54) is 17.3 Å². The zero-order valence-corrected chi connectivity index (χ0v) is 25.6. The number of rotatable bonds is 12. The number of nitrogens with two attached hydrogens (primary N) is 2. The zero-order chi connectivity index (χ0) is 32.6. The lowest BCUT2D eigenvalue weighted by atomic mass is 10.1. The number of alkyl halides is 3. The summed E-state index contributed by atoms with van der Waals surface area (Å²) in [6.07, 6.45) is 4.23. The first-order valence-corrected chi connectivity index (χ1v) is 13.9. The van der Waals surface area contributed by atoms with Crippen LogP contribution < -0.4 is 26.8 Å². The molecule has 234 valence electrons. The summed E-state index contributed by atoms with van der Waals surface area (Å²) in [7, 11) is 3.45. The SMILES string of the molecule is C=C/C=C\C(CCN(CC)c1cc(NC(=O)c2ccc(C)c(N(N)/C=C(\N)c3cnn(C)c3C)c2)cc(C(F)(F)F)c1)=NC. The second kappa shape index (κ2) is 14.6. The molecule has 0 radical (unpaired) electrons. The van der Waals surface area contributed by atoms with Gasteiger partial charge in [0.25, 0.3) is 5.91 Å². The van der Waals surface area contributed by atoms with Gasteiger partial charge in [-0.3, -0.25) is 19.5 Å². The number of benzene rings is 2. The van der Waals surface area contributed by atoms with Gasteiger partial charge in [-0.2, -0.15) is 18.3 Å². The van der Waals surface area contributed by atoms with Crippen LogP contribution in [0.1, 0.15) is 46.1 Å². The lowest BCUT2D eigenvalue weighted by Gasteiger charge is -2.25. The summed E-state index contributed by atoms with van der Waals surface area (Å²) in [5.41, 5.74) is 9.89. The first-order chi connectivity index (χ1) is 20.8. The molecule has 0 saturated carbocycles. The fraction of sp³-hybridized carbons (Fsp3) is 0.281. The van der Waals surface area contributed by atoms with Crippen LogP contribution in [0, 0.1) is 13.8 Å². The minimum absolute atomic E-state index is 0.0112. The Morgan fingerprint density at radius 1 is 1.20 bits per heavy atom. The van der Waals surface area contributed by atoms with E-state index in [4.69, 9.17) is 11.6 Å². The number of aliphatic imine (C=N–C) groups is 1. The molecule has 0 bridgehead atoms. The van der Waals surface area contributed by atoms with Crippen molar-refractivity contribution in [3.63, 3.8) is 0 Å². The first-order valence-electron chi connectivity index (χ1n) is 13.9. The van der Waals surface area contributed by atoms with Crippen molar-refractivity contribution in [2.24, 2.45) is 23.6 Å². The zero-order valence-electron chi connectivity index (χ0n) is 25.6. The van der Waals surface area contributed by atoms with Crippen LogP contribution in [0.2, 0.25) is 0 Å². The number of halogens is 3. The van der Waals surface area contributed by atoms with Crippen LogP contribution in [0.4, 0.5) is 30.2 Å². The lowest BCUT2D eigenvalue weighted by Crippen LogP contribution is -2.27. The van der Waals surface area contributed by atoms with Gasteiger partial charge in [0, 0.05) is 73.7 Å². The van der Waals surface area contributed by atoms with E-state index < -0.39 is 17.6 Å². The number of nitrogens with one attached hydrogen (secondary N) is 1. The second-order valence-electron chi connectivity index (χ2n) is 10.1. The van der Waals surface area contributed by atoms with Gasteiger partial charge >= 0.3 is 6.18 Å². The number of nitrogens with zero attached hydrogens (tertiary/aromatic N) is 5. The quantitative estimate of drug-likeness (QED) is 0.101. The molecule has 0 aliphatic carbocycles. The number of carbonyl (C=O) groups is 1. The Hall–Kier alpha value is -4.84. The number of amides is 1. The van der Waals surface area contributed by atoms with E-state index >= 15 is 0 Å². The number of hydrogen-bond donors (Lipinski definition) is 3. The summed E-state index contributed by atoms with van der Waals surface area (Å²) in [4.78, 5) is 19.3. The largest absolute Gasteiger partial charge is 0.416 e. The van der Waals surface area contributed by atoms with Crippen molar-refractivity contribution in [1.29, 1.82) is 0 Å². The Labute approximate surface area is 256 Å². The van der Waals surface area contributed by atoms with Gasteiger partial charge in [0.05, 0.1) is 23.1 Å². The molecule has 3 rings (SSSR count). The molecular formula is C32H39F3N8O. The van der Waals surface area contributed by atoms with Crippen molar-refractivity contribution in [2.45, 2.75) is 33.4 Å². The van der Waals surface area contributed by atoms with E-state index in [2.05, 4.69) is 22.0 Å². The predicted octanol–water partition coefficient (Wildman–Crippen LogP) is 5.97. The minimum Gasteiger partial charge on any atom is -0.397 e. The molecule has 0 aliphatic heterocycles. The summed E-state index contributed by atoms with van der Waals surface area (Å²) < 4.78 is 43.4. The highest BCUT2D eigenvalue weighted by Gasteiger charge is 2.32. The average Bonchev–Trinajstić information content (AvgIpc) is 3.32. The van der Waals surface area contributed by atoms with E-state index in [0.717, 1.165) is 29.1 Å². The van der Waals surface area contributed by atoms with Gasteiger partial charge in [-0.1, -0.05) is 24.8 Å². The van der Waals surface area contributed by atoms with Crippen LogP contribution in [0.5, 0.6) is 0 Å². The maximum Gasteiger partial charge on any atom is 0.416 e. The molecule has 3 aromatic rings. The molecule has 0 aliphatic rings. The summed E-state index contributed by atoms with van der Waals surface area (Å²) in [5.74, 6) is 5.71. The third-order valence-corrected chi connectivity index (χ3v) is 7.17. The summed E-state index contributed by atoms with van der Waals surface area (Å²) in [6, 6.07) is 8.37. The van der Waals surface area contributed by atoms with E-state index in [0.29, 0.717) is 42.1 Å². The molecule has 44 heavy (non-hydrogen) atoms. The van der Waals surface area contributed by atoms with Crippen LogP contribution >= 0.6 is 0 Å². The van der Waals surface area contributed by atoms with Crippen molar-refractivity contribution >= 4 is 34.4 Å². The Morgan fingerprint density at radius 2 is 1.93 bits per heavy atom. The molecule has 1 amide bonds. The highest BCUT2D eigenvalue weighted by molar-refractivity contribution is 6.05. The number of hydrazine groups is 1. The summed E-state index contributed by atoms with van der Waals surface area (Å²) in [6.45, 7) is 10.0. The normalized spacial score (nSPS) is 12.5. The Bertz CT molecular complexity index is 1590. The van der Waals surface area contributed by atoms with Crippen LogP contribution in [-0.2, 0) is 13.2 Å². The lowest BCUT2D eigenvalue weighted by molar-refractivity contribution is -0.137. The molecule has 1 heterocycles. The average molecular weight is 609 g/mol. The van der Waals surface area contributed by atoms with Crippen LogP contribution in [0.3, 0.4) is 0 Å². The number of allylic oxidation sites excluding steroid dienone is 3. The standard InChI is InChI=1S/C32H39F3N8O/c1-7-9-10-25(38-5)13-14-42(8-2)27-17-24(32(33,34)35)16-26(18-27)40-31(44)23-12-11-21(3)30(15-23)43(37)20-29(36)28-19-39-41(6)22(28)4/h7,9-12,15-20H,1,8,13-14,36-37H2,2-6H3,(H,40,44)/b10-9-,29-20-,38-25?. The monoisotopic (exact) mass is 608 g/mol. The van der Waals surface area contributed by atoms with Crippen molar-refractivity contribution in [2.75, 3.05) is 35.4 Å². The summed E-state index contributed by atoms with van der Waals surface area (Å²) >= 11 is 0. The van der Waals surface area contributed by atoms with Gasteiger partial charge in [0.1, 0.15) is 0 Å². The third kappa shape index (κ3) is 8.38. The number of aromatic nitrogens is 2. The maximum absolute atomic E-state index is 13.9. The highest BCUT2D eigenvalue weighted by atomic mass is 19.4. The molecule has 2 aromatic carbocycles. The van der Waals surface area contributed by atoms with E-state index in [9.17, 15) is 18.0 Å². The van der Waals surface area contributed by atoms with Gasteiger partial charge in [0.15, 0.2) is 0 Å². The van der Waals surface area contributed by atoms with Crippen molar-refractivity contribution < 1.29 is 18.0 Å². The number of aryl methyl sites for hydroxylation is 2. The van der Waals surface area contributed by atoms with E-state index in [1.807, 2.05) is 20.8 Å². The molecule has 1 aromatic heterocycles. The molecule has 5 N–H and O–H groups in total. The van der Waals surface area contributed by atoms with E-state index in [1.54, 1.807) is 66.3 Å². The number of anilines is 3. The van der Waals surface area contributed by atoms with E-state index in [-0.39, 0.29) is 11.3 Å². The molecular weight excluding hydrogens is 569 g/mol. The molecule has 0 atom stereocenters. The topological polar surface area (TPSA) is 118 Å². The Balaban J connectivity index is 1.90.